The second-order valence-electron chi connectivity index (χ2n) is 4.29. The molecule has 0 radical (unpaired) electrons. The Bertz CT molecular complexity index is 310. The Morgan fingerprint density at radius 3 is 2.60 bits per heavy atom. The van der Waals surface area contributed by atoms with Crippen LogP contribution in [0.2, 0.25) is 0 Å². The van der Waals surface area contributed by atoms with Gasteiger partial charge in [0.2, 0.25) is 0 Å². The van der Waals surface area contributed by atoms with Gasteiger partial charge in [0, 0.05) is 12.0 Å². The molecular weight excluding hydrogens is 196 g/mol. The number of ether oxygens (including phenoxy) is 1. The molecule has 0 aromatic rings. The fourth-order valence-electron chi connectivity index (χ4n) is 2.94. The molecule has 2 saturated carbocycles. The molecule has 3 aliphatic rings. The average Bonchev–Trinajstić information content (AvgIpc) is 2.85. The van der Waals surface area contributed by atoms with E-state index in [4.69, 9.17) is 9.84 Å². The number of carboxylic acids is 1. The predicted molar refractivity (Wildman–Crippen MR) is 52.0 cm³/mol. The summed E-state index contributed by atoms with van der Waals surface area (Å²) in [5.41, 5.74) is 0. The predicted octanol–water partition coefficient (Wildman–Crippen LogP) is 1.21. The van der Waals surface area contributed by atoms with Crippen LogP contribution in [0.4, 0.5) is 0 Å². The lowest BCUT2D eigenvalue weighted by atomic mass is 9.89. The standard InChI is InChI=1S/C8H10O2.C3H4O2/c9-8-6-3-4-1-2-5(6)7(4)10-8;1-2-3(4)5/h4-7H,1-3H2;2H,1H2,(H,4,5). The summed E-state index contributed by atoms with van der Waals surface area (Å²) in [4.78, 5) is 20.3. The van der Waals surface area contributed by atoms with Crippen LogP contribution in [0, 0.1) is 17.8 Å². The maximum atomic E-state index is 11.0. The van der Waals surface area contributed by atoms with Crippen molar-refractivity contribution in [3.8, 4) is 0 Å². The van der Waals surface area contributed by atoms with Crippen molar-refractivity contribution in [2.24, 2.45) is 17.8 Å². The van der Waals surface area contributed by atoms with Crippen molar-refractivity contribution in [2.75, 3.05) is 0 Å². The molecule has 1 saturated heterocycles. The van der Waals surface area contributed by atoms with E-state index in [2.05, 4.69) is 6.58 Å². The number of rotatable bonds is 1. The summed E-state index contributed by atoms with van der Waals surface area (Å²) in [6.07, 6.45) is 4.86. The second kappa shape index (κ2) is 3.68. The van der Waals surface area contributed by atoms with Crippen LogP contribution in [0.1, 0.15) is 19.3 Å². The summed E-state index contributed by atoms with van der Waals surface area (Å²) >= 11 is 0. The van der Waals surface area contributed by atoms with E-state index in [-0.39, 0.29) is 5.97 Å². The molecule has 1 N–H and O–H groups in total. The van der Waals surface area contributed by atoms with Gasteiger partial charge in [0.05, 0.1) is 5.92 Å². The lowest BCUT2D eigenvalue weighted by Gasteiger charge is -2.19. The molecule has 4 heteroatoms. The molecule has 15 heavy (non-hydrogen) atoms. The van der Waals surface area contributed by atoms with E-state index in [9.17, 15) is 9.59 Å². The van der Waals surface area contributed by atoms with Gasteiger partial charge in [-0.1, -0.05) is 6.58 Å². The first-order valence-electron chi connectivity index (χ1n) is 5.19. The highest BCUT2D eigenvalue weighted by Gasteiger charge is 2.58. The summed E-state index contributed by atoms with van der Waals surface area (Å²) in [7, 11) is 0. The Labute approximate surface area is 87.9 Å². The van der Waals surface area contributed by atoms with E-state index in [1.54, 1.807) is 0 Å². The fraction of sp³-hybridized carbons (Fsp3) is 0.636. The topological polar surface area (TPSA) is 63.6 Å². The Kier molecular flexibility index (Phi) is 2.50. The smallest absolute Gasteiger partial charge is 0.327 e. The van der Waals surface area contributed by atoms with E-state index in [0.29, 0.717) is 17.9 Å². The highest BCUT2D eigenvalue weighted by molar-refractivity contribution is 5.78. The lowest BCUT2D eigenvalue weighted by Crippen LogP contribution is -2.22. The Morgan fingerprint density at radius 2 is 2.20 bits per heavy atom. The summed E-state index contributed by atoms with van der Waals surface area (Å²) in [6, 6.07) is 0. The number of hydrogen-bond acceptors (Lipinski definition) is 3. The third-order valence-corrected chi connectivity index (χ3v) is 3.56. The zero-order chi connectivity index (χ0) is 11.0. The number of carbonyl (C=O) groups is 2. The monoisotopic (exact) mass is 210 g/mol. The zero-order valence-electron chi connectivity index (χ0n) is 8.39. The van der Waals surface area contributed by atoms with Crippen LogP contribution in [0.3, 0.4) is 0 Å². The van der Waals surface area contributed by atoms with Crippen molar-refractivity contribution >= 4 is 11.9 Å². The lowest BCUT2D eigenvalue weighted by molar-refractivity contribution is -0.150. The van der Waals surface area contributed by atoms with Gasteiger partial charge >= 0.3 is 11.9 Å². The highest BCUT2D eigenvalue weighted by Crippen LogP contribution is 2.54. The van der Waals surface area contributed by atoms with Gasteiger partial charge in [-0.15, -0.1) is 0 Å². The maximum Gasteiger partial charge on any atom is 0.327 e. The van der Waals surface area contributed by atoms with E-state index < -0.39 is 5.97 Å². The molecule has 2 aliphatic carbocycles. The average molecular weight is 210 g/mol. The normalized spacial score (nSPS) is 39.3. The van der Waals surface area contributed by atoms with Crippen LogP contribution in [0.15, 0.2) is 12.7 Å². The zero-order valence-corrected chi connectivity index (χ0v) is 8.39. The maximum absolute atomic E-state index is 11.0. The van der Waals surface area contributed by atoms with E-state index in [0.717, 1.165) is 18.4 Å². The largest absolute Gasteiger partial charge is 0.478 e. The van der Waals surface area contributed by atoms with Gasteiger partial charge in [-0.3, -0.25) is 4.79 Å². The molecule has 4 unspecified atom stereocenters. The van der Waals surface area contributed by atoms with Crippen molar-refractivity contribution in [3.05, 3.63) is 12.7 Å². The molecule has 0 aromatic heterocycles. The van der Waals surface area contributed by atoms with Gasteiger partial charge in [-0.2, -0.15) is 0 Å². The Balaban J connectivity index is 0.000000149. The molecule has 4 nitrogen and oxygen atoms in total. The molecule has 0 amide bonds. The van der Waals surface area contributed by atoms with Gasteiger partial charge in [-0.25, -0.2) is 4.79 Å². The van der Waals surface area contributed by atoms with Crippen molar-refractivity contribution in [2.45, 2.75) is 25.4 Å². The summed E-state index contributed by atoms with van der Waals surface area (Å²) in [6.45, 7) is 2.96. The Morgan fingerprint density at radius 1 is 1.53 bits per heavy atom. The summed E-state index contributed by atoms with van der Waals surface area (Å²) < 4.78 is 5.21. The number of carboxylic acid groups (broad SMARTS) is 1. The van der Waals surface area contributed by atoms with E-state index in [1.807, 2.05) is 0 Å². The van der Waals surface area contributed by atoms with Crippen molar-refractivity contribution in [1.29, 1.82) is 0 Å². The van der Waals surface area contributed by atoms with Gasteiger partial charge in [0.1, 0.15) is 6.10 Å². The molecule has 3 rings (SSSR count). The Hall–Kier alpha value is -1.32. The number of esters is 1. The number of hydrogen-bond donors (Lipinski definition) is 1. The molecule has 3 fully saturated rings. The first-order valence-corrected chi connectivity index (χ1v) is 5.19. The number of carbonyl (C=O) groups excluding carboxylic acids is 1. The minimum Gasteiger partial charge on any atom is -0.478 e. The van der Waals surface area contributed by atoms with Gasteiger partial charge in [0.25, 0.3) is 0 Å². The molecule has 0 aromatic carbocycles. The quantitative estimate of drug-likeness (QED) is 0.522. The molecule has 0 spiro atoms. The van der Waals surface area contributed by atoms with Crippen molar-refractivity contribution in [3.63, 3.8) is 0 Å². The van der Waals surface area contributed by atoms with Crippen LogP contribution in [0.25, 0.3) is 0 Å². The third kappa shape index (κ3) is 1.64. The second-order valence-corrected chi connectivity index (χ2v) is 4.29. The van der Waals surface area contributed by atoms with E-state index in [1.165, 1.54) is 12.8 Å². The van der Waals surface area contributed by atoms with Crippen molar-refractivity contribution in [1.82, 2.24) is 0 Å². The molecule has 4 bridgehead atoms. The molecule has 1 heterocycles. The van der Waals surface area contributed by atoms with Crippen LogP contribution in [-0.2, 0) is 14.3 Å². The SMILES string of the molecule is C=CC(=O)O.O=C1OC2C3CCC2C1C3. The summed E-state index contributed by atoms with van der Waals surface area (Å²) in [5.74, 6) is 0.782. The highest BCUT2D eigenvalue weighted by atomic mass is 16.6. The molecule has 82 valence electrons. The van der Waals surface area contributed by atoms with Gasteiger partial charge < -0.3 is 9.84 Å². The molecule has 4 atom stereocenters. The first kappa shape index (κ1) is 10.2. The van der Waals surface area contributed by atoms with Gasteiger partial charge in [0.15, 0.2) is 0 Å². The van der Waals surface area contributed by atoms with Crippen molar-refractivity contribution < 1.29 is 19.4 Å². The minimum atomic E-state index is -0.981. The fourth-order valence-corrected chi connectivity index (χ4v) is 2.94. The molecule has 1 aliphatic heterocycles. The van der Waals surface area contributed by atoms with E-state index >= 15 is 0 Å². The van der Waals surface area contributed by atoms with Crippen LogP contribution < -0.4 is 0 Å². The summed E-state index contributed by atoms with van der Waals surface area (Å²) in [5, 5.41) is 7.60. The number of aliphatic carboxylic acids is 1. The van der Waals surface area contributed by atoms with Crippen LogP contribution >= 0.6 is 0 Å². The third-order valence-electron chi connectivity index (χ3n) is 3.56. The van der Waals surface area contributed by atoms with Crippen LogP contribution in [-0.4, -0.2) is 23.1 Å². The van der Waals surface area contributed by atoms with Gasteiger partial charge in [-0.05, 0) is 25.2 Å². The molecular formula is C11H14O4. The first-order chi connectivity index (χ1) is 7.13. The van der Waals surface area contributed by atoms with Crippen LogP contribution in [0.5, 0.6) is 0 Å². The minimum absolute atomic E-state index is 0.0888.